The van der Waals surface area contributed by atoms with Crippen molar-refractivity contribution in [2.45, 2.75) is 37.1 Å². The lowest BCUT2D eigenvalue weighted by Gasteiger charge is -2.35. The highest BCUT2D eigenvalue weighted by atomic mass is 35.5. The highest BCUT2D eigenvalue weighted by Gasteiger charge is 2.29. The summed E-state index contributed by atoms with van der Waals surface area (Å²) in [6.45, 7) is 0. The Balaban J connectivity index is 1.85. The van der Waals surface area contributed by atoms with Gasteiger partial charge in [-0.25, -0.2) is 0 Å². The Bertz CT molecular complexity index is 654. The van der Waals surface area contributed by atoms with Crippen molar-refractivity contribution in [1.82, 2.24) is 4.90 Å². The number of carbonyl (C=O) groups excluding carboxylic acids is 1. The molecule has 1 fully saturated rings. The van der Waals surface area contributed by atoms with E-state index in [4.69, 9.17) is 11.6 Å². The first kappa shape index (κ1) is 14.4. The average molecular weight is 302 g/mol. The quantitative estimate of drug-likeness (QED) is 0.750. The number of nitrogens with zero attached hydrogens (tertiary/aromatic N) is 1. The van der Waals surface area contributed by atoms with Crippen molar-refractivity contribution in [3.8, 4) is 0 Å². The van der Waals surface area contributed by atoms with Gasteiger partial charge in [-0.2, -0.15) is 0 Å². The maximum Gasteiger partial charge on any atom is 0.253 e. The van der Waals surface area contributed by atoms with Gasteiger partial charge in [0.2, 0.25) is 0 Å². The second kappa shape index (κ2) is 6.07. The first-order valence-corrected chi connectivity index (χ1v) is 8.00. The molecule has 2 unspecified atom stereocenters. The van der Waals surface area contributed by atoms with Crippen molar-refractivity contribution in [1.29, 1.82) is 0 Å². The topological polar surface area (TPSA) is 20.3 Å². The van der Waals surface area contributed by atoms with E-state index in [1.54, 1.807) is 0 Å². The molecule has 1 amide bonds. The number of rotatable bonds is 2. The Kier molecular flexibility index (Phi) is 4.16. The van der Waals surface area contributed by atoms with Gasteiger partial charge in [-0.05, 0) is 35.7 Å². The van der Waals surface area contributed by atoms with Crippen molar-refractivity contribution in [2.75, 3.05) is 7.05 Å². The summed E-state index contributed by atoms with van der Waals surface area (Å²) in [6.07, 6.45) is 4.33. The molecule has 3 heteroatoms. The molecule has 0 radical (unpaired) electrons. The van der Waals surface area contributed by atoms with E-state index in [0.29, 0.717) is 0 Å². The number of halogens is 1. The first-order chi connectivity index (χ1) is 10.2. The molecule has 110 valence electrons. The SMILES string of the molecule is CN(C(=O)c1ccc2ccccc2c1)C1CCCCC1Cl. The highest BCUT2D eigenvalue weighted by Crippen LogP contribution is 2.28. The van der Waals surface area contributed by atoms with E-state index in [1.807, 2.05) is 48.3 Å². The number of hydrogen-bond acceptors (Lipinski definition) is 1. The van der Waals surface area contributed by atoms with Crippen LogP contribution >= 0.6 is 11.6 Å². The lowest BCUT2D eigenvalue weighted by molar-refractivity contribution is 0.0700. The number of benzene rings is 2. The molecule has 0 spiro atoms. The number of fused-ring (bicyclic) bond motifs is 1. The van der Waals surface area contributed by atoms with Crippen molar-refractivity contribution >= 4 is 28.3 Å². The summed E-state index contributed by atoms with van der Waals surface area (Å²) in [4.78, 5) is 14.5. The van der Waals surface area contributed by atoms with Crippen LogP contribution in [-0.4, -0.2) is 29.3 Å². The summed E-state index contributed by atoms with van der Waals surface area (Å²) in [5.74, 6) is 0.0679. The first-order valence-electron chi connectivity index (χ1n) is 7.57. The summed E-state index contributed by atoms with van der Waals surface area (Å²) in [7, 11) is 1.88. The molecule has 0 bridgehead atoms. The van der Waals surface area contributed by atoms with Gasteiger partial charge in [-0.3, -0.25) is 4.79 Å². The van der Waals surface area contributed by atoms with Crippen LogP contribution in [0.5, 0.6) is 0 Å². The van der Waals surface area contributed by atoms with Crippen molar-refractivity contribution in [3.05, 3.63) is 48.0 Å². The fraction of sp³-hybridized carbons (Fsp3) is 0.389. The Morgan fingerprint density at radius 3 is 2.57 bits per heavy atom. The molecule has 1 aliphatic rings. The zero-order valence-corrected chi connectivity index (χ0v) is 13.0. The summed E-state index contributed by atoms with van der Waals surface area (Å²) in [5, 5.41) is 2.33. The van der Waals surface area contributed by atoms with Gasteiger partial charge in [0, 0.05) is 18.7 Å². The zero-order chi connectivity index (χ0) is 14.8. The number of alkyl halides is 1. The van der Waals surface area contributed by atoms with E-state index in [1.165, 1.54) is 6.42 Å². The van der Waals surface area contributed by atoms with Gasteiger partial charge < -0.3 is 4.90 Å². The number of amides is 1. The highest BCUT2D eigenvalue weighted by molar-refractivity contribution is 6.21. The normalized spacial score (nSPS) is 22.2. The number of carbonyl (C=O) groups is 1. The van der Waals surface area contributed by atoms with E-state index < -0.39 is 0 Å². The molecule has 0 aromatic heterocycles. The molecule has 0 aliphatic heterocycles. The molecule has 3 rings (SSSR count). The predicted octanol–water partition coefficient (Wildman–Crippen LogP) is 4.46. The minimum Gasteiger partial charge on any atom is -0.337 e. The largest absolute Gasteiger partial charge is 0.337 e. The maximum atomic E-state index is 12.7. The van der Waals surface area contributed by atoms with Crippen LogP contribution in [0.2, 0.25) is 0 Å². The van der Waals surface area contributed by atoms with E-state index in [0.717, 1.165) is 35.6 Å². The summed E-state index contributed by atoms with van der Waals surface area (Å²) in [5.41, 5.74) is 0.741. The Labute approximate surface area is 130 Å². The second-order valence-electron chi connectivity index (χ2n) is 5.85. The fourth-order valence-electron chi connectivity index (χ4n) is 3.18. The molecule has 0 heterocycles. The smallest absolute Gasteiger partial charge is 0.253 e. The molecule has 2 atom stereocenters. The molecule has 1 aliphatic carbocycles. The van der Waals surface area contributed by atoms with Gasteiger partial charge in [0.05, 0.1) is 5.38 Å². The number of hydrogen-bond donors (Lipinski definition) is 0. The van der Waals surface area contributed by atoms with Gasteiger partial charge in [0.25, 0.3) is 5.91 Å². The lowest BCUT2D eigenvalue weighted by Crippen LogP contribution is -2.44. The third kappa shape index (κ3) is 2.91. The molecule has 1 saturated carbocycles. The van der Waals surface area contributed by atoms with Crippen molar-refractivity contribution in [2.24, 2.45) is 0 Å². The molecule has 2 nitrogen and oxygen atoms in total. The molecule has 21 heavy (non-hydrogen) atoms. The van der Waals surface area contributed by atoms with E-state index in [-0.39, 0.29) is 17.3 Å². The van der Waals surface area contributed by atoms with Crippen molar-refractivity contribution in [3.63, 3.8) is 0 Å². The van der Waals surface area contributed by atoms with Gasteiger partial charge in [-0.1, -0.05) is 43.2 Å². The van der Waals surface area contributed by atoms with Gasteiger partial charge in [-0.15, -0.1) is 11.6 Å². The van der Waals surface area contributed by atoms with Gasteiger partial charge >= 0.3 is 0 Å². The van der Waals surface area contributed by atoms with Gasteiger partial charge in [0.1, 0.15) is 0 Å². The minimum absolute atomic E-state index is 0.0679. The third-order valence-corrected chi connectivity index (χ3v) is 4.97. The maximum absolute atomic E-state index is 12.7. The van der Waals surface area contributed by atoms with Gasteiger partial charge in [0.15, 0.2) is 0 Å². The molecule has 2 aromatic rings. The van der Waals surface area contributed by atoms with E-state index in [2.05, 4.69) is 6.07 Å². The van der Waals surface area contributed by atoms with Crippen LogP contribution < -0.4 is 0 Å². The van der Waals surface area contributed by atoms with E-state index in [9.17, 15) is 4.79 Å². The molecular formula is C18H20ClNO. The van der Waals surface area contributed by atoms with E-state index >= 15 is 0 Å². The Morgan fingerprint density at radius 1 is 1.10 bits per heavy atom. The predicted molar refractivity (Wildman–Crippen MR) is 87.9 cm³/mol. The van der Waals surface area contributed by atoms with Crippen LogP contribution in [0.4, 0.5) is 0 Å². The van der Waals surface area contributed by atoms with Crippen LogP contribution in [0, 0.1) is 0 Å². The minimum atomic E-state index is 0.0679. The monoisotopic (exact) mass is 301 g/mol. The molecule has 0 saturated heterocycles. The van der Waals surface area contributed by atoms with Crippen LogP contribution in [0.3, 0.4) is 0 Å². The second-order valence-corrected chi connectivity index (χ2v) is 6.41. The summed E-state index contributed by atoms with van der Waals surface area (Å²) >= 11 is 6.41. The lowest BCUT2D eigenvalue weighted by atomic mass is 9.93. The van der Waals surface area contributed by atoms with Crippen LogP contribution in [0.25, 0.3) is 10.8 Å². The summed E-state index contributed by atoms with van der Waals surface area (Å²) < 4.78 is 0. The molecule has 0 N–H and O–H groups in total. The molecular weight excluding hydrogens is 282 g/mol. The van der Waals surface area contributed by atoms with Crippen molar-refractivity contribution < 1.29 is 4.79 Å². The standard InChI is InChI=1S/C18H20ClNO/c1-20(17-9-5-4-8-16(17)19)18(21)15-11-10-13-6-2-3-7-14(13)12-15/h2-3,6-7,10-12,16-17H,4-5,8-9H2,1H3. The van der Waals surface area contributed by atoms with Crippen LogP contribution in [-0.2, 0) is 0 Å². The Hall–Kier alpha value is -1.54. The molecule has 2 aromatic carbocycles. The fourth-order valence-corrected chi connectivity index (χ4v) is 3.63. The van der Waals surface area contributed by atoms with Crippen LogP contribution in [0.15, 0.2) is 42.5 Å². The zero-order valence-electron chi connectivity index (χ0n) is 12.3. The van der Waals surface area contributed by atoms with Crippen LogP contribution in [0.1, 0.15) is 36.0 Å². The third-order valence-electron chi connectivity index (χ3n) is 4.46. The average Bonchev–Trinajstić information content (AvgIpc) is 2.53. The Morgan fingerprint density at radius 2 is 1.81 bits per heavy atom. The summed E-state index contributed by atoms with van der Waals surface area (Å²) in [6, 6.07) is 14.1.